The van der Waals surface area contributed by atoms with E-state index in [1.807, 2.05) is 7.05 Å². The Morgan fingerprint density at radius 3 is 2.61 bits per heavy atom. The van der Waals surface area contributed by atoms with Crippen LogP contribution in [-0.2, 0) is 4.74 Å². The molecule has 2 aliphatic rings. The van der Waals surface area contributed by atoms with Crippen molar-refractivity contribution >= 4 is 5.96 Å². The van der Waals surface area contributed by atoms with E-state index >= 15 is 0 Å². The second-order valence-electron chi connectivity index (χ2n) is 7.32. The maximum absolute atomic E-state index is 5.65. The van der Waals surface area contributed by atoms with E-state index in [0.29, 0.717) is 6.04 Å². The maximum Gasteiger partial charge on any atom is 0.191 e. The van der Waals surface area contributed by atoms with E-state index in [4.69, 9.17) is 4.74 Å². The molecule has 1 saturated carbocycles. The van der Waals surface area contributed by atoms with Gasteiger partial charge in [0.05, 0.1) is 0 Å². The molecule has 1 unspecified atom stereocenters. The Balaban J connectivity index is 1.51. The Morgan fingerprint density at radius 1 is 1.22 bits per heavy atom. The highest BCUT2D eigenvalue weighted by molar-refractivity contribution is 5.79. The van der Waals surface area contributed by atoms with Gasteiger partial charge in [-0.1, -0.05) is 6.92 Å². The van der Waals surface area contributed by atoms with Gasteiger partial charge in [-0.05, 0) is 64.0 Å². The molecule has 0 aromatic rings. The van der Waals surface area contributed by atoms with E-state index in [-0.39, 0.29) is 0 Å². The average Bonchev–Trinajstić information content (AvgIpc) is 3.38. The minimum atomic E-state index is 0.558. The molecule has 23 heavy (non-hydrogen) atoms. The van der Waals surface area contributed by atoms with E-state index in [0.717, 1.165) is 50.5 Å². The van der Waals surface area contributed by atoms with Crippen LogP contribution in [0.5, 0.6) is 0 Å². The van der Waals surface area contributed by atoms with Crippen LogP contribution in [0.25, 0.3) is 0 Å². The summed E-state index contributed by atoms with van der Waals surface area (Å²) in [5.74, 6) is 2.66. The van der Waals surface area contributed by atoms with Gasteiger partial charge in [-0.25, -0.2) is 0 Å². The molecule has 0 aromatic heterocycles. The zero-order valence-corrected chi connectivity index (χ0v) is 15.3. The Hall–Kier alpha value is -0.810. The number of nitrogens with zero attached hydrogens (tertiary/aromatic N) is 2. The van der Waals surface area contributed by atoms with E-state index in [1.54, 1.807) is 0 Å². The SMILES string of the molecule is CN=C(NCCCOCC1CC1)NCC(C)N1CCC(C)CC1. The van der Waals surface area contributed by atoms with Gasteiger partial charge in [0.1, 0.15) is 0 Å². The number of nitrogens with one attached hydrogen (secondary N) is 2. The summed E-state index contributed by atoms with van der Waals surface area (Å²) in [6.45, 7) is 10.8. The Morgan fingerprint density at radius 2 is 1.96 bits per heavy atom. The predicted octanol–water partition coefficient (Wildman–Crippen LogP) is 2.09. The number of rotatable bonds is 9. The van der Waals surface area contributed by atoms with Gasteiger partial charge < -0.3 is 15.4 Å². The second-order valence-corrected chi connectivity index (χ2v) is 7.32. The summed E-state index contributed by atoms with van der Waals surface area (Å²) in [5, 5.41) is 6.83. The van der Waals surface area contributed by atoms with Crippen molar-refractivity contribution in [1.29, 1.82) is 0 Å². The van der Waals surface area contributed by atoms with Crippen LogP contribution in [-0.4, -0.2) is 63.3 Å². The fourth-order valence-electron chi connectivity index (χ4n) is 2.98. The summed E-state index contributed by atoms with van der Waals surface area (Å²) in [7, 11) is 1.84. The van der Waals surface area contributed by atoms with E-state index in [1.165, 1.54) is 38.8 Å². The number of likely N-dealkylation sites (tertiary alicyclic amines) is 1. The molecule has 1 aliphatic carbocycles. The van der Waals surface area contributed by atoms with Crippen LogP contribution in [0, 0.1) is 11.8 Å². The first kappa shape index (κ1) is 18.5. The molecule has 0 radical (unpaired) electrons. The lowest BCUT2D eigenvalue weighted by Gasteiger charge is -2.35. The molecule has 1 aliphatic heterocycles. The minimum absolute atomic E-state index is 0.558. The Kier molecular flexibility index (Phi) is 8.17. The first-order chi connectivity index (χ1) is 11.2. The molecule has 1 atom stereocenters. The molecule has 134 valence electrons. The summed E-state index contributed by atoms with van der Waals surface area (Å²) < 4.78 is 5.65. The molecule has 5 nitrogen and oxygen atoms in total. The molecule has 1 heterocycles. The summed E-state index contributed by atoms with van der Waals surface area (Å²) >= 11 is 0. The summed E-state index contributed by atoms with van der Waals surface area (Å²) in [4.78, 5) is 6.90. The first-order valence-electron chi connectivity index (χ1n) is 9.45. The van der Waals surface area contributed by atoms with Crippen molar-refractivity contribution < 1.29 is 4.74 Å². The van der Waals surface area contributed by atoms with E-state index in [9.17, 15) is 0 Å². The van der Waals surface area contributed by atoms with Gasteiger partial charge in [-0.15, -0.1) is 0 Å². The van der Waals surface area contributed by atoms with Crippen molar-refractivity contribution in [2.75, 3.05) is 46.4 Å². The van der Waals surface area contributed by atoms with Crippen LogP contribution in [0.15, 0.2) is 4.99 Å². The molecule has 2 fully saturated rings. The van der Waals surface area contributed by atoms with Crippen molar-refractivity contribution in [2.24, 2.45) is 16.8 Å². The molecule has 0 amide bonds. The molecule has 2 N–H and O–H groups in total. The van der Waals surface area contributed by atoms with Gasteiger partial charge in [0.15, 0.2) is 5.96 Å². The lowest BCUT2D eigenvalue weighted by molar-refractivity contribution is 0.123. The zero-order valence-electron chi connectivity index (χ0n) is 15.3. The van der Waals surface area contributed by atoms with Gasteiger partial charge in [0, 0.05) is 39.4 Å². The van der Waals surface area contributed by atoms with Gasteiger partial charge in [-0.2, -0.15) is 0 Å². The number of ether oxygens (including phenoxy) is 1. The molecule has 2 rings (SSSR count). The van der Waals surface area contributed by atoms with Crippen molar-refractivity contribution in [3.63, 3.8) is 0 Å². The van der Waals surface area contributed by atoms with Crippen LogP contribution in [0.3, 0.4) is 0 Å². The summed E-state index contributed by atoms with van der Waals surface area (Å²) in [6, 6.07) is 0.558. The molecule has 5 heteroatoms. The molecule has 1 saturated heterocycles. The highest BCUT2D eigenvalue weighted by Gasteiger charge is 2.21. The largest absolute Gasteiger partial charge is 0.381 e. The number of aliphatic imine (C=N–C) groups is 1. The van der Waals surface area contributed by atoms with Gasteiger partial charge in [-0.3, -0.25) is 9.89 Å². The quantitative estimate of drug-likeness (QED) is 0.387. The standard InChI is InChI=1S/C18H36N4O/c1-15-7-10-22(11-8-15)16(2)13-21-18(19-3)20-9-4-12-23-14-17-5-6-17/h15-17H,4-14H2,1-3H3,(H2,19,20,21). The monoisotopic (exact) mass is 324 g/mol. The highest BCUT2D eigenvalue weighted by atomic mass is 16.5. The molecular formula is C18H36N4O. The topological polar surface area (TPSA) is 48.9 Å². The van der Waals surface area contributed by atoms with Crippen LogP contribution < -0.4 is 10.6 Å². The molecule has 0 bridgehead atoms. The normalized spacial score (nSPS) is 22.1. The molecule has 0 aromatic carbocycles. The Labute approximate surface area is 142 Å². The number of guanidine groups is 1. The summed E-state index contributed by atoms with van der Waals surface area (Å²) in [5.41, 5.74) is 0. The fourth-order valence-corrected chi connectivity index (χ4v) is 2.98. The summed E-state index contributed by atoms with van der Waals surface area (Å²) in [6.07, 6.45) is 6.43. The maximum atomic E-state index is 5.65. The van der Waals surface area contributed by atoms with Crippen LogP contribution in [0.2, 0.25) is 0 Å². The molecule has 0 spiro atoms. The van der Waals surface area contributed by atoms with Gasteiger partial charge in [0.2, 0.25) is 0 Å². The Bertz CT molecular complexity index is 349. The average molecular weight is 325 g/mol. The van der Waals surface area contributed by atoms with Crippen LogP contribution in [0.4, 0.5) is 0 Å². The zero-order chi connectivity index (χ0) is 16.5. The minimum Gasteiger partial charge on any atom is -0.381 e. The van der Waals surface area contributed by atoms with Crippen LogP contribution in [0.1, 0.15) is 46.0 Å². The van der Waals surface area contributed by atoms with E-state index in [2.05, 4.69) is 34.4 Å². The van der Waals surface area contributed by atoms with Crippen molar-refractivity contribution in [2.45, 2.75) is 52.0 Å². The third-order valence-electron chi connectivity index (χ3n) is 5.04. The third kappa shape index (κ3) is 7.53. The van der Waals surface area contributed by atoms with Crippen LogP contribution >= 0.6 is 0 Å². The second kappa shape index (κ2) is 10.1. The number of hydrogen-bond acceptors (Lipinski definition) is 3. The smallest absolute Gasteiger partial charge is 0.191 e. The lowest BCUT2D eigenvalue weighted by atomic mass is 9.98. The number of hydrogen-bond donors (Lipinski definition) is 2. The lowest BCUT2D eigenvalue weighted by Crippen LogP contribution is -2.48. The predicted molar refractivity (Wildman–Crippen MR) is 97.0 cm³/mol. The van der Waals surface area contributed by atoms with Crippen molar-refractivity contribution in [1.82, 2.24) is 15.5 Å². The molecular weight excluding hydrogens is 288 g/mol. The van der Waals surface area contributed by atoms with Gasteiger partial charge >= 0.3 is 0 Å². The third-order valence-corrected chi connectivity index (χ3v) is 5.04. The fraction of sp³-hybridized carbons (Fsp3) is 0.944. The van der Waals surface area contributed by atoms with E-state index < -0.39 is 0 Å². The van der Waals surface area contributed by atoms with Crippen molar-refractivity contribution in [3.8, 4) is 0 Å². The first-order valence-corrected chi connectivity index (χ1v) is 9.45. The highest BCUT2D eigenvalue weighted by Crippen LogP contribution is 2.28. The number of piperidine rings is 1. The van der Waals surface area contributed by atoms with Crippen molar-refractivity contribution in [3.05, 3.63) is 0 Å². The van der Waals surface area contributed by atoms with Gasteiger partial charge in [0.25, 0.3) is 0 Å².